The molecule has 1 aromatic heterocycles. The van der Waals surface area contributed by atoms with Crippen LogP contribution in [0.15, 0.2) is 6.07 Å². The molecule has 5 nitrogen and oxygen atoms in total. The van der Waals surface area contributed by atoms with Crippen molar-refractivity contribution in [2.45, 2.75) is 32.7 Å². The van der Waals surface area contributed by atoms with Crippen molar-refractivity contribution in [1.82, 2.24) is 15.2 Å². The van der Waals surface area contributed by atoms with Gasteiger partial charge in [0.2, 0.25) is 0 Å². The Morgan fingerprint density at radius 2 is 2.29 bits per heavy atom. The third-order valence-corrected chi connectivity index (χ3v) is 2.93. The fraction of sp³-hybridized carbons (Fsp3) is 0.750. The predicted molar refractivity (Wildman–Crippen MR) is 68.4 cm³/mol. The summed E-state index contributed by atoms with van der Waals surface area (Å²) in [5.74, 6) is 6.10. The van der Waals surface area contributed by atoms with Crippen LogP contribution in [0, 0.1) is 12.8 Å². The first-order chi connectivity index (χ1) is 8.06. The number of hydrogen-bond donors (Lipinski definition) is 2. The zero-order valence-corrected chi connectivity index (χ0v) is 11.2. The van der Waals surface area contributed by atoms with Crippen molar-refractivity contribution in [3.8, 4) is 0 Å². The van der Waals surface area contributed by atoms with Crippen LogP contribution in [0.1, 0.15) is 24.7 Å². The lowest BCUT2D eigenvalue weighted by atomic mass is 9.99. The summed E-state index contributed by atoms with van der Waals surface area (Å²) >= 11 is 0. The van der Waals surface area contributed by atoms with E-state index in [1.807, 2.05) is 18.7 Å². The average molecular weight is 240 g/mol. The van der Waals surface area contributed by atoms with Gasteiger partial charge in [0, 0.05) is 38.9 Å². The molecule has 2 unspecified atom stereocenters. The van der Waals surface area contributed by atoms with Crippen LogP contribution in [0.4, 0.5) is 0 Å². The van der Waals surface area contributed by atoms with E-state index < -0.39 is 0 Å². The van der Waals surface area contributed by atoms with E-state index in [2.05, 4.69) is 23.5 Å². The molecular weight excluding hydrogens is 216 g/mol. The fourth-order valence-corrected chi connectivity index (χ4v) is 2.16. The lowest BCUT2D eigenvalue weighted by Crippen LogP contribution is -2.38. The van der Waals surface area contributed by atoms with Gasteiger partial charge in [0.15, 0.2) is 0 Å². The molecule has 1 heterocycles. The van der Waals surface area contributed by atoms with Gasteiger partial charge in [-0.1, -0.05) is 6.92 Å². The molecular formula is C12H24N4O. The van der Waals surface area contributed by atoms with Crippen LogP contribution in [0.25, 0.3) is 0 Å². The summed E-state index contributed by atoms with van der Waals surface area (Å²) in [6, 6.07) is 2.36. The van der Waals surface area contributed by atoms with Crippen molar-refractivity contribution < 1.29 is 4.74 Å². The van der Waals surface area contributed by atoms with E-state index in [1.54, 1.807) is 7.11 Å². The van der Waals surface area contributed by atoms with Crippen LogP contribution < -0.4 is 11.3 Å². The smallest absolute Gasteiger partial charge is 0.0596 e. The molecule has 0 bridgehead atoms. The molecule has 1 aromatic rings. The Bertz CT molecular complexity index is 337. The highest BCUT2D eigenvalue weighted by atomic mass is 16.5. The molecule has 2 atom stereocenters. The number of rotatable bonds is 7. The fourth-order valence-electron chi connectivity index (χ4n) is 2.16. The first-order valence-corrected chi connectivity index (χ1v) is 6.01. The van der Waals surface area contributed by atoms with Crippen LogP contribution in [0.5, 0.6) is 0 Å². The standard InChI is InChI=1S/C12H24N4O/c1-9(8-17-4)5-11(14-13)7-12-6-10(2)15-16(12)3/h6,9,11,14H,5,7-8,13H2,1-4H3. The predicted octanol–water partition coefficient (Wildman–Crippen LogP) is 0.776. The first-order valence-electron chi connectivity index (χ1n) is 6.01. The van der Waals surface area contributed by atoms with Crippen molar-refractivity contribution in [2.24, 2.45) is 18.8 Å². The first kappa shape index (κ1) is 14.2. The number of nitrogens with one attached hydrogen (secondary N) is 1. The maximum Gasteiger partial charge on any atom is 0.0596 e. The van der Waals surface area contributed by atoms with Gasteiger partial charge in [-0.3, -0.25) is 16.0 Å². The molecule has 0 saturated heterocycles. The zero-order chi connectivity index (χ0) is 12.8. The highest BCUT2D eigenvalue weighted by Crippen LogP contribution is 2.12. The van der Waals surface area contributed by atoms with Gasteiger partial charge in [0.1, 0.15) is 0 Å². The topological polar surface area (TPSA) is 65.1 Å². The van der Waals surface area contributed by atoms with Gasteiger partial charge in [0.25, 0.3) is 0 Å². The molecule has 0 saturated carbocycles. The lowest BCUT2D eigenvalue weighted by Gasteiger charge is -2.19. The molecule has 0 radical (unpaired) electrons. The van der Waals surface area contributed by atoms with E-state index >= 15 is 0 Å². The third-order valence-electron chi connectivity index (χ3n) is 2.93. The van der Waals surface area contributed by atoms with Crippen LogP contribution >= 0.6 is 0 Å². The monoisotopic (exact) mass is 240 g/mol. The van der Waals surface area contributed by atoms with E-state index in [1.165, 1.54) is 5.69 Å². The minimum absolute atomic E-state index is 0.259. The largest absolute Gasteiger partial charge is 0.384 e. The van der Waals surface area contributed by atoms with E-state index in [9.17, 15) is 0 Å². The average Bonchev–Trinajstić information content (AvgIpc) is 2.56. The molecule has 5 heteroatoms. The number of hydrazine groups is 1. The Labute approximate surface area is 103 Å². The van der Waals surface area contributed by atoms with E-state index in [0.29, 0.717) is 5.92 Å². The lowest BCUT2D eigenvalue weighted by molar-refractivity contribution is 0.149. The highest BCUT2D eigenvalue weighted by Gasteiger charge is 2.14. The SMILES string of the molecule is COCC(C)CC(Cc1cc(C)nn1C)NN. The van der Waals surface area contributed by atoms with Crippen molar-refractivity contribution in [2.75, 3.05) is 13.7 Å². The minimum Gasteiger partial charge on any atom is -0.384 e. The number of methoxy groups -OCH3 is 1. The maximum atomic E-state index is 5.60. The second-order valence-corrected chi connectivity index (χ2v) is 4.76. The molecule has 0 aliphatic carbocycles. The van der Waals surface area contributed by atoms with Crippen LogP contribution in [0.3, 0.4) is 0 Å². The number of ether oxygens (including phenoxy) is 1. The highest BCUT2D eigenvalue weighted by molar-refractivity contribution is 5.10. The molecule has 0 fully saturated rings. The Balaban J connectivity index is 2.54. The molecule has 0 amide bonds. The summed E-state index contributed by atoms with van der Waals surface area (Å²) in [6.45, 7) is 4.94. The Morgan fingerprint density at radius 3 is 2.76 bits per heavy atom. The van der Waals surface area contributed by atoms with E-state index in [4.69, 9.17) is 10.6 Å². The van der Waals surface area contributed by atoms with Crippen LogP contribution in [-0.4, -0.2) is 29.5 Å². The summed E-state index contributed by atoms with van der Waals surface area (Å²) in [5, 5.41) is 4.34. The zero-order valence-electron chi connectivity index (χ0n) is 11.2. The number of nitrogens with two attached hydrogens (primary N) is 1. The molecule has 17 heavy (non-hydrogen) atoms. The van der Waals surface area contributed by atoms with E-state index in [0.717, 1.165) is 25.1 Å². The van der Waals surface area contributed by atoms with Crippen molar-refractivity contribution in [1.29, 1.82) is 0 Å². The number of aryl methyl sites for hydroxylation is 2. The van der Waals surface area contributed by atoms with Gasteiger partial charge in [-0.15, -0.1) is 0 Å². The van der Waals surface area contributed by atoms with Gasteiger partial charge in [0.05, 0.1) is 5.69 Å². The van der Waals surface area contributed by atoms with Crippen molar-refractivity contribution >= 4 is 0 Å². The molecule has 0 aliphatic rings. The van der Waals surface area contributed by atoms with Gasteiger partial charge in [-0.2, -0.15) is 5.10 Å². The van der Waals surface area contributed by atoms with Crippen molar-refractivity contribution in [3.63, 3.8) is 0 Å². The van der Waals surface area contributed by atoms with E-state index in [-0.39, 0.29) is 6.04 Å². The summed E-state index contributed by atoms with van der Waals surface area (Å²) < 4.78 is 7.06. The van der Waals surface area contributed by atoms with Gasteiger partial charge in [-0.25, -0.2) is 0 Å². The molecule has 0 spiro atoms. The third kappa shape index (κ3) is 4.46. The summed E-state index contributed by atoms with van der Waals surface area (Å²) in [7, 11) is 3.69. The second kappa shape index (κ2) is 6.74. The number of hydrogen-bond acceptors (Lipinski definition) is 4. The van der Waals surface area contributed by atoms with Gasteiger partial charge < -0.3 is 4.74 Å². The molecule has 1 rings (SSSR count). The molecule has 0 aromatic carbocycles. The summed E-state index contributed by atoms with van der Waals surface area (Å²) in [5.41, 5.74) is 5.13. The van der Waals surface area contributed by atoms with Gasteiger partial charge in [-0.05, 0) is 25.3 Å². The molecule has 0 aliphatic heterocycles. The second-order valence-electron chi connectivity index (χ2n) is 4.76. The Kier molecular flexibility index (Phi) is 5.61. The Morgan fingerprint density at radius 1 is 1.59 bits per heavy atom. The quantitative estimate of drug-likeness (QED) is 0.546. The number of nitrogens with zero attached hydrogens (tertiary/aromatic N) is 2. The summed E-state index contributed by atoms with van der Waals surface area (Å²) in [6.07, 6.45) is 1.89. The van der Waals surface area contributed by atoms with Crippen LogP contribution in [-0.2, 0) is 18.2 Å². The summed E-state index contributed by atoms with van der Waals surface area (Å²) in [4.78, 5) is 0. The number of aromatic nitrogens is 2. The molecule has 98 valence electrons. The molecule has 3 N–H and O–H groups in total. The van der Waals surface area contributed by atoms with Gasteiger partial charge >= 0.3 is 0 Å². The van der Waals surface area contributed by atoms with Crippen LogP contribution in [0.2, 0.25) is 0 Å². The maximum absolute atomic E-state index is 5.60. The Hall–Kier alpha value is -0.910. The minimum atomic E-state index is 0.259. The van der Waals surface area contributed by atoms with Crippen molar-refractivity contribution in [3.05, 3.63) is 17.5 Å². The normalized spacial score (nSPS) is 14.9.